The van der Waals surface area contributed by atoms with Crippen LogP contribution in [-0.2, 0) is 19.7 Å². The molecular weight excluding hydrogens is 294 g/mol. The van der Waals surface area contributed by atoms with Gasteiger partial charge in [-0.25, -0.2) is 4.79 Å². The fourth-order valence-electron chi connectivity index (χ4n) is 3.71. The number of carboxylic acid groups (broad SMARTS) is 1. The summed E-state index contributed by atoms with van der Waals surface area (Å²) in [4.78, 5) is 25.5. The number of carboxylic acids is 1. The van der Waals surface area contributed by atoms with Crippen molar-refractivity contribution in [1.29, 1.82) is 0 Å². The zero-order valence-corrected chi connectivity index (χ0v) is 13.4. The van der Waals surface area contributed by atoms with Gasteiger partial charge in [0.25, 0.3) is 5.91 Å². The number of piperidine rings is 1. The molecule has 2 aliphatic rings. The number of ether oxygens (including phenoxy) is 1. The Labute approximate surface area is 136 Å². The van der Waals surface area contributed by atoms with E-state index >= 15 is 0 Å². The van der Waals surface area contributed by atoms with Gasteiger partial charge in [-0.1, -0.05) is 37.3 Å². The summed E-state index contributed by atoms with van der Waals surface area (Å²) in [6.07, 6.45) is 1.46. The minimum atomic E-state index is -0.979. The lowest BCUT2D eigenvalue weighted by atomic mass is 9.76. The molecule has 0 aliphatic carbocycles. The van der Waals surface area contributed by atoms with E-state index in [4.69, 9.17) is 9.84 Å². The Balaban J connectivity index is 1.69. The molecule has 2 fully saturated rings. The average molecular weight is 317 g/mol. The highest BCUT2D eigenvalue weighted by Gasteiger charge is 2.40. The molecule has 124 valence electrons. The van der Waals surface area contributed by atoms with Crippen molar-refractivity contribution in [3.8, 4) is 0 Å². The number of rotatable bonds is 3. The van der Waals surface area contributed by atoms with E-state index in [0.717, 1.165) is 19.4 Å². The summed E-state index contributed by atoms with van der Waals surface area (Å²) in [5.74, 6) is -1.04. The zero-order valence-electron chi connectivity index (χ0n) is 13.4. The smallest absolute Gasteiger partial charge is 0.332 e. The summed E-state index contributed by atoms with van der Waals surface area (Å²) >= 11 is 0. The lowest BCUT2D eigenvalue weighted by molar-refractivity contribution is -0.155. The minimum Gasteiger partial charge on any atom is -0.479 e. The highest BCUT2D eigenvalue weighted by Crippen LogP contribution is 2.34. The average Bonchev–Trinajstić information content (AvgIpc) is 3.05. The van der Waals surface area contributed by atoms with Crippen LogP contribution in [0, 0.1) is 0 Å². The molecule has 23 heavy (non-hydrogen) atoms. The predicted octanol–water partition coefficient (Wildman–Crippen LogP) is 2.20. The summed E-state index contributed by atoms with van der Waals surface area (Å²) in [7, 11) is 0. The van der Waals surface area contributed by atoms with Crippen molar-refractivity contribution in [3.05, 3.63) is 35.9 Å². The van der Waals surface area contributed by atoms with Crippen molar-refractivity contribution in [2.75, 3.05) is 13.1 Å². The van der Waals surface area contributed by atoms with Crippen molar-refractivity contribution in [2.24, 2.45) is 0 Å². The summed E-state index contributed by atoms with van der Waals surface area (Å²) in [5.41, 5.74) is 1.19. The first-order valence-corrected chi connectivity index (χ1v) is 8.22. The number of carbonyl (C=O) groups excluding carboxylic acids is 1. The lowest BCUT2D eigenvalue weighted by Gasteiger charge is -2.41. The van der Waals surface area contributed by atoms with Crippen LogP contribution >= 0.6 is 0 Å². The minimum absolute atomic E-state index is 0.0556. The molecule has 1 aromatic rings. The number of hydrogen-bond acceptors (Lipinski definition) is 3. The maximum Gasteiger partial charge on any atom is 0.332 e. The van der Waals surface area contributed by atoms with E-state index in [0.29, 0.717) is 19.4 Å². The third-order valence-electron chi connectivity index (χ3n) is 5.05. The number of nitrogens with zero attached hydrogens (tertiary/aromatic N) is 1. The van der Waals surface area contributed by atoms with Gasteiger partial charge >= 0.3 is 5.97 Å². The number of likely N-dealkylation sites (tertiary alicyclic amines) is 1. The topological polar surface area (TPSA) is 66.8 Å². The van der Waals surface area contributed by atoms with Gasteiger partial charge in [0.2, 0.25) is 0 Å². The van der Waals surface area contributed by atoms with Crippen molar-refractivity contribution in [2.45, 2.75) is 50.2 Å². The molecule has 5 nitrogen and oxygen atoms in total. The molecule has 0 saturated carbocycles. The van der Waals surface area contributed by atoms with Crippen molar-refractivity contribution < 1.29 is 19.4 Å². The van der Waals surface area contributed by atoms with Gasteiger partial charge in [0, 0.05) is 18.5 Å². The fraction of sp³-hybridized carbons (Fsp3) is 0.556. The second-order valence-corrected chi connectivity index (χ2v) is 6.82. The molecule has 0 bridgehead atoms. The molecule has 1 N–H and O–H groups in total. The van der Waals surface area contributed by atoms with Crippen molar-refractivity contribution in [1.82, 2.24) is 4.90 Å². The predicted molar refractivity (Wildman–Crippen MR) is 85.1 cm³/mol. The van der Waals surface area contributed by atoms with E-state index in [9.17, 15) is 9.59 Å². The van der Waals surface area contributed by atoms with Crippen LogP contribution in [0.3, 0.4) is 0 Å². The second kappa shape index (κ2) is 6.32. The van der Waals surface area contributed by atoms with E-state index < -0.39 is 18.2 Å². The summed E-state index contributed by atoms with van der Waals surface area (Å²) in [5, 5.41) is 9.00. The van der Waals surface area contributed by atoms with Crippen molar-refractivity contribution >= 4 is 11.9 Å². The number of carbonyl (C=O) groups is 2. The third kappa shape index (κ3) is 3.24. The molecule has 0 radical (unpaired) electrons. The SMILES string of the molecule is CC1(c2ccccc2)CCCN(C(=O)[C@@H]2CC[C@H](C(=O)O)O2)C1. The third-order valence-corrected chi connectivity index (χ3v) is 5.05. The highest BCUT2D eigenvalue weighted by atomic mass is 16.5. The molecule has 2 aliphatic heterocycles. The van der Waals surface area contributed by atoms with Crippen LogP contribution in [0.2, 0.25) is 0 Å². The molecule has 2 heterocycles. The zero-order chi connectivity index (χ0) is 16.4. The van der Waals surface area contributed by atoms with Crippen molar-refractivity contribution in [3.63, 3.8) is 0 Å². The maximum atomic E-state index is 12.7. The van der Waals surface area contributed by atoms with Crippen LogP contribution in [-0.4, -0.2) is 47.2 Å². The van der Waals surface area contributed by atoms with Crippen LogP contribution in [0.15, 0.2) is 30.3 Å². The van der Waals surface area contributed by atoms with E-state index in [2.05, 4.69) is 19.1 Å². The van der Waals surface area contributed by atoms with E-state index in [1.54, 1.807) is 0 Å². The largest absolute Gasteiger partial charge is 0.479 e. The first-order valence-electron chi connectivity index (χ1n) is 8.22. The van der Waals surface area contributed by atoms with Gasteiger partial charge < -0.3 is 14.7 Å². The Morgan fingerprint density at radius 1 is 1.22 bits per heavy atom. The molecule has 5 heteroatoms. The number of hydrogen-bond donors (Lipinski definition) is 1. The first-order chi connectivity index (χ1) is 11.0. The van der Waals surface area contributed by atoms with Crippen LogP contribution in [0.5, 0.6) is 0 Å². The molecule has 0 spiro atoms. The van der Waals surface area contributed by atoms with Gasteiger partial charge in [-0.15, -0.1) is 0 Å². The van der Waals surface area contributed by atoms with Gasteiger partial charge in [0.05, 0.1) is 0 Å². The van der Waals surface area contributed by atoms with E-state index in [-0.39, 0.29) is 11.3 Å². The number of benzene rings is 1. The molecular formula is C18H23NO4. The van der Waals surface area contributed by atoms with Crippen LogP contribution in [0.25, 0.3) is 0 Å². The number of amides is 1. The van der Waals surface area contributed by atoms with Crippen LogP contribution in [0.1, 0.15) is 38.2 Å². The highest BCUT2D eigenvalue weighted by molar-refractivity contribution is 5.83. The quantitative estimate of drug-likeness (QED) is 0.928. The summed E-state index contributed by atoms with van der Waals surface area (Å²) < 4.78 is 5.42. The normalized spacial score (nSPS) is 31.1. The molecule has 1 amide bonds. The first kappa shape index (κ1) is 16.0. The van der Waals surface area contributed by atoms with Gasteiger partial charge in [-0.05, 0) is 31.2 Å². The Kier molecular flexibility index (Phi) is 4.39. The lowest BCUT2D eigenvalue weighted by Crippen LogP contribution is -2.50. The maximum absolute atomic E-state index is 12.7. The molecule has 0 aromatic heterocycles. The molecule has 1 unspecified atom stereocenters. The molecule has 3 atom stereocenters. The van der Waals surface area contributed by atoms with Gasteiger partial charge in [0.1, 0.15) is 6.10 Å². The monoisotopic (exact) mass is 317 g/mol. The van der Waals surface area contributed by atoms with Gasteiger partial charge in [-0.2, -0.15) is 0 Å². The Bertz CT molecular complexity index is 588. The fourth-order valence-corrected chi connectivity index (χ4v) is 3.71. The van der Waals surface area contributed by atoms with Crippen LogP contribution < -0.4 is 0 Å². The summed E-state index contributed by atoms with van der Waals surface area (Å²) in [6, 6.07) is 10.3. The molecule has 3 rings (SSSR count). The standard InChI is InChI=1S/C18H23NO4/c1-18(13-6-3-2-4-7-13)10-5-11-19(12-18)16(20)14-8-9-15(23-14)17(21)22/h2-4,6-7,14-15H,5,8-12H2,1H3,(H,21,22)/t14-,15+,18?/m0/s1. The second-order valence-electron chi connectivity index (χ2n) is 6.82. The Hall–Kier alpha value is -1.88. The van der Waals surface area contributed by atoms with E-state index in [1.165, 1.54) is 5.56 Å². The molecule has 2 saturated heterocycles. The van der Waals surface area contributed by atoms with E-state index in [1.807, 2.05) is 23.1 Å². The van der Waals surface area contributed by atoms with Gasteiger partial charge in [0.15, 0.2) is 6.10 Å². The van der Waals surface area contributed by atoms with Crippen LogP contribution in [0.4, 0.5) is 0 Å². The van der Waals surface area contributed by atoms with Gasteiger partial charge in [-0.3, -0.25) is 4.79 Å². The molecule has 1 aromatic carbocycles. The summed E-state index contributed by atoms with van der Waals surface area (Å²) in [6.45, 7) is 3.57. The Morgan fingerprint density at radius 3 is 2.57 bits per heavy atom. The Morgan fingerprint density at radius 2 is 1.91 bits per heavy atom. The number of aliphatic carboxylic acids is 1.